The Hall–Kier alpha value is -1.85. The molecule has 0 bridgehead atoms. The smallest absolute Gasteiger partial charge is 0.129 e. The molecule has 0 atom stereocenters. The summed E-state index contributed by atoms with van der Waals surface area (Å²) in [5, 5.41) is 1.18. The van der Waals surface area contributed by atoms with E-state index in [1.54, 1.807) is 0 Å². The van der Waals surface area contributed by atoms with Crippen LogP contribution in [0.3, 0.4) is 0 Å². The number of anilines is 1. The molecule has 1 aliphatic rings. The molecule has 112 valence electrons. The number of benzene rings is 1. The predicted octanol–water partition coefficient (Wildman–Crippen LogP) is 3.83. The summed E-state index contributed by atoms with van der Waals surface area (Å²) >= 11 is 3.54. The largest absolute Gasteiger partial charge is 0.378 e. The molecule has 0 aliphatic carbocycles. The topological polar surface area (TPSA) is 41.2 Å². The lowest BCUT2D eigenvalue weighted by atomic mass is 10.1. The van der Waals surface area contributed by atoms with E-state index in [0.717, 1.165) is 53.4 Å². The second-order valence-electron chi connectivity index (χ2n) is 5.37. The van der Waals surface area contributed by atoms with Gasteiger partial charge in [0.05, 0.1) is 18.9 Å². The lowest BCUT2D eigenvalue weighted by Gasteiger charge is -2.28. The number of fused-ring (bicyclic) bond motifs is 1. The minimum absolute atomic E-state index is 0.770. The fraction of sp³-hybridized carbons (Fsp3) is 0.235. The maximum atomic E-state index is 5.41. The number of aromatic nitrogens is 2. The van der Waals surface area contributed by atoms with E-state index in [-0.39, 0.29) is 0 Å². The van der Waals surface area contributed by atoms with Crippen LogP contribution >= 0.6 is 15.9 Å². The number of hydrogen-bond acceptors (Lipinski definition) is 3. The van der Waals surface area contributed by atoms with Crippen LogP contribution in [0.4, 0.5) is 5.82 Å². The summed E-state index contributed by atoms with van der Waals surface area (Å²) < 4.78 is 6.49. The normalized spacial score (nSPS) is 15.4. The first kappa shape index (κ1) is 13.8. The number of pyridine rings is 1. The van der Waals surface area contributed by atoms with Gasteiger partial charge in [-0.3, -0.25) is 0 Å². The van der Waals surface area contributed by atoms with Gasteiger partial charge in [-0.1, -0.05) is 22.0 Å². The average Bonchev–Trinajstić information content (AvgIpc) is 2.99. The van der Waals surface area contributed by atoms with Crippen molar-refractivity contribution in [2.45, 2.75) is 0 Å². The first-order chi connectivity index (χ1) is 10.8. The summed E-state index contributed by atoms with van der Waals surface area (Å²) in [6.45, 7) is 3.34. The van der Waals surface area contributed by atoms with Crippen molar-refractivity contribution in [1.29, 1.82) is 0 Å². The lowest BCUT2D eigenvalue weighted by molar-refractivity contribution is 0.122. The fourth-order valence-electron chi connectivity index (χ4n) is 2.85. The van der Waals surface area contributed by atoms with Crippen LogP contribution in [0.15, 0.2) is 47.1 Å². The standard InChI is InChI=1S/C17H16BrN3O/c18-12-4-5-15-13(10-12)14(11-19-15)16-2-1-3-17(20-16)21-6-8-22-9-7-21/h1-5,10-11,19H,6-9H2. The van der Waals surface area contributed by atoms with Crippen LogP contribution in [0.25, 0.3) is 22.2 Å². The minimum Gasteiger partial charge on any atom is -0.378 e. The van der Waals surface area contributed by atoms with E-state index in [9.17, 15) is 0 Å². The van der Waals surface area contributed by atoms with Gasteiger partial charge < -0.3 is 14.6 Å². The zero-order chi connectivity index (χ0) is 14.9. The summed E-state index contributed by atoms with van der Waals surface area (Å²) in [7, 11) is 0. The molecule has 5 heteroatoms. The Morgan fingerprint density at radius 3 is 2.86 bits per heavy atom. The van der Waals surface area contributed by atoms with Crippen molar-refractivity contribution in [3.63, 3.8) is 0 Å². The molecule has 1 fully saturated rings. The Balaban J connectivity index is 1.76. The van der Waals surface area contributed by atoms with Gasteiger partial charge in [-0.15, -0.1) is 0 Å². The highest BCUT2D eigenvalue weighted by atomic mass is 79.9. The number of morpholine rings is 1. The molecular formula is C17H16BrN3O. The summed E-state index contributed by atoms with van der Waals surface area (Å²) in [6, 6.07) is 12.5. The van der Waals surface area contributed by atoms with Gasteiger partial charge in [-0.05, 0) is 30.3 Å². The van der Waals surface area contributed by atoms with Gasteiger partial charge in [0, 0.05) is 40.2 Å². The summed E-state index contributed by atoms with van der Waals surface area (Å²) in [5.74, 6) is 1.02. The first-order valence-electron chi connectivity index (χ1n) is 7.38. The molecule has 3 aromatic rings. The van der Waals surface area contributed by atoms with E-state index in [1.165, 1.54) is 5.39 Å². The van der Waals surface area contributed by atoms with Crippen LogP contribution in [0, 0.1) is 0 Å². The van der Waals surface area contributed by atoms with Crippen molar-refractivity contribution in [1.82, 2.24) is 9.97 Å². The predicted molar refractivity (Wildman–Crippen MR) is 92.3 cm³/mol. The van der Waals surface area contributed by atoms with E-state index in [4.69, 9.17) is 9.72 Å². The highest BCUT2D eigenvalue weighted by Gasteiger charge is 2.14. The maximum absolute atomic E-state index is 5.41. The Bertz CT molecular complexity index is 809. The van der Waals surface area contributed by atoms with Crippen molar-refractivity contribution in [2.75, 3.05) is 31.2 Å². The zero-order valence-electron chi connectivity index (χ0n) is 12.1. The third-order valence-electron chi connectivity index (χ3n) is 3.99. The SMILES string of the molecule is Brc1ccc2[nH]cc(-c3cccc(N4CCOCC4)n3)c2c1. The van der Waals surface area contributed by atoms with Gasteiger partial charge >= 0.3 is 0 Å². The van der Waals surface area contributed by atoms with Crippen LogP contribution in [0.5, 0.6) is 0 Å². The number of halogens is 1. The van der Waals surface area contributed by atoms with Crippen LogP contribution in [-0.2, 0) is 4.74 Å². The molecule has 0 saturated carbocycles. The molecule has 2 aromatic heterocycles. The molecule has 1 aromatic carbocycles. The van der Waals surface area contributed by atoms with E-state index in [1.807, 2.05) is 12.3 Å². The van der Waals surface area contributed by atoms with Crippen molar-refractivity contribution in [3.8, 4) is 11.3 Å². The molecule has 4 rings (SSSR count). The minimum atomic E-state index is 0.770. The monoisotopic (exact) mass is 357 g/mol. The van der Waals surface area contributed by atoms with Gasteiger partial charge in [0.1, 0.15) is 5.82 Å². The van der Waals surface area contributed by atoms with Crippen molar-refractivity contribution >= 4 is 32.7 Å². The molecular weight excluding hydrogens is 342 g/mol. The number of hydrogen-bond donors (Lipinski definition) is 1. The third kappa shape index (κ3) is 2.51. The Morgan fingerprint density at radius 2 is 2.00 bits per heavy atom. The van der Waals surface area contributed by atoms with Crippen molar-refractivity contribution in [2.24, 2.45) is 0 Å². The number of nitrogens with one attached hydrogen (secondary N) is 1. The molecule has 0 spiro atoms. The molecule has 1 N–H and O–H groups in total. The van der Waals surface area contributed by atoms with E-state index < -0.39 is 0 Å². The van der Waals surface area contributed by atoms with Crippen LogP contribution < -0.4 is 4.90 Å². The number of nitrogens with zero attached hydrogens (tertiary/aromatic N) is 2. The summed E-state index contributed by atoms with van der Waals surface area (Å²) in [5.41, 5.74) is 3.25. The Kier molecular flexibility index (Phi) is 3.60. The molecule has 1 saturated heterocycles. The molecule has 0 amide bonds. The van der Waals surface area contributed by atoms with Gasteiger partial charge in [0.15, 0.2) is 0 Å². The van der Waals surface area contributed by atoms with E-state index in [0.29, 0.717) is 0 Å². The Morgan fingerprint density at radius 1 is 1.14 bits per heavy atom. The molecule has 0 unspecified atom stereocenters. The Labute approximate surface area is 137 Å². The lowest BCUT2D eigenvalue weighted by Crippen LogP contribution is -2.36. The fourth-order valence-corrected chi connectivity index (χ4v) is 3.21. The number of rotatable bonds is 2. The zero-order valence-corrected chi connectivity index (χ0v) is 13.6. The summed E-state index contributed by atoms with van der Waals surface area (Å²) in [4.78, 5) is 10.4. The summed E-state index contributed by atoms with van der Waals surface area (Å²) in [6.07, 6.45) is 2.03. The molecule has 4 nitrogen and oxygen atoms in total. The van der Waals surface area contributed by atoms with Gasteiger partial charge in [-0.25, -0.2) is 4.98 Å². The highest BCUT2D eigenvalue weighted by Crippen LogP contribution is 2.30. The van der Waals surface area contributed by atoms with Crippen molar-refractivity contribution in [3.05, 3.63) is 47.1 Å². The quantitative estimate of drug-likeness (QED) is 0.757. The van der Waals surface area contributed by atoms with E-state index in [2.05, 4.69) is 56.1 Å². The molecule has 22 heavy (non-hydrogen) atoms. The van der Waals surface area contributed by atoms with Gasteiger partial charge in [0.25, 0.3) is 0 Å². The second-order valence-corrected chi connectivity index (χ2v) is 6.29. The number of H-pyrrole nitrogens is 1. The van der Waals surface area contributed by atoms with Crippen molar-refractivity contribution < 1.29 is 4.74 Å². The third-order valence-corrected chi connectivity index (χ3v) is 4.48. The molecule has 3 heterocycles. The second kappa shape index (κ2) is 5.74. The number of aromatic amines is 1. The van der Waals surface area contributed by atoms with Gasteiger partial charge in [0.2, 0.25) is 0 Å². The van der Waals surface area contributed by atoms with Crippen LogP contribution in [0.2, 0.25) is 0 Å². The van der Waals surface area contributed by atoms with Crippen LogP contribution in [0.1, 0.15) is 0 Å². The average molecular weight is 358 g/mol. The van der Waals surface area contributed by atoms with E-state index >= 15 is 0 Å². The molecule has 1 aliphatic heterocycles. The van der Waals surface area contributed by atoms with Crippen LogP contribution in [-0.4, -0.2) is 36.3 Å². The first-order valence-corrected chi connectivity index (χ1v) is 8.17. The van der Waals surface area contributed by atoms with Gasteiger partial charge in [-0.2, -0.15) is 0 Å². The maximum Gasteiger partial charge on any atom is 0.129 e. The number of ether oxygens (including phenoxy) is 1. The highest BCUT2D eigenvalue weighted by molar-refractivity contribution is 9.10. The molecule has 0 radical (unpaired) electrons.